The van der Waals surface area contributed by atoms with Crippen LogP contribution < -0.4 is 0 Å². The summed E-state index contributed by atoms with van der Waals surface area (Å²) in [5.74, 6) is 0.951. The molecule has 0 aromatic heterocycles. The number of methoxy groups -OCH3 is 1. The minimum absolute atomic E-state index is 0.125. The molecule has 2 aliphatic rings. The monoisotopic (exact) mass is 406 g/mol. The third kappa shape index (κ3) is 2.82. The molecule has 0 N–H and O–H groups in total. The van der Waals surface area contributed by atoms with Crippen molar-refractivity contribution in [3.05, 3.63) is 23.0 Å². The van der Waals surface area contributed by atoms with Gasteiger partial charge in [-0.05, 0) is 0 Å². The summed E-state index contributed by atoms with van der Waals surface area (Å²) in [5, 5.41) is 0. The third-order valence-electron chi connectivity index (χ3n) is 4.27. The van der Waals surface area contributed by atoms with Gasteiger partial charge in [0.05, 0.1) is 0 Å². The van der Waals surface area contributed by atoms with Crippen LogP contribution in [0.1, 0.15) is 40.5 Å². The van der Waals surface area contributed by atoms with Crippen molar-refractivity contribution in [2.24, 2.45) is 10.8 Å². The van der Waals surface area contributed by atoms with Gasteiger partial charge in [0.1, 0.15) is 0 Å². The summed E-state index contributed by atoms with van der Waals surface area (Å²) in [6, 6.07) is 0. The molecule has 0 aliphatic heterocycles. The fourth-order valence-electron chi connectivity index (χ4n) is 3.05. The molecule has 0 bridgehead atoms. The Balaban J connectivity index is 2.60. The van der Waals surface area contributed by atoms with Gasteiger partial charge in [0, 0.05) is 0 Å². The van der Waals surface area contributed by atoms with E-state index in [4.69, 9.17) is 9.47 Å². The van der Waals surface area contributed by atoms with Crippen LogP contribution in [0.5, 0.6) is 0 Å². The second kappa shape index (κ2) is 5.66. The Morgan fingerprint density at radius 3 is 2.15 bits per heavy atom. The van der Waals surface area contributed by atoms with Crippen molar-refractivity contribution in [1.82, 2.24) is 0 Å². The van der Waals surface area contributed by atoms with Gasteiger partial charge in [-0.2, -0.15) is 0 Å². The van der Waals surface area contributed by atoms with Gasteiger partial charge in [0.2, 0.25) is 0 Å². The molecule has 0 aromatic carbocycles. The average molecular weight is 404 g/mol. The van der Waals surface area contributed by atoms with Crippen molar-refractivity contribution in [2.45, 2.75) is 40.5 Å². The molecule has 110 valence electrons. The maximum atomic E-state index is 5.86. The first-order valence-electron chi connectivity index (χ1n) is 6.88. The normalized spacial score (nSPS) is 24.4. The van der Waals surface area contributed by atoms with Crippen molar-refractivity contribution >= 4 is 40.0 Å². The second-order valence-corrected chi connectivity index (χ2v) is 8.55. The molecule has 0 saturated heterocycles. The third-order valence-corrected chi connectivity index (χ3v) is 6.49. The van der Waals surface area contributed by atoms with Crippen LogP contribution in [-0.4, -0.2) is 53.9 Å². The molecule has 0 spiro atoms. The molecule has 0 saturated carbocycles. The van der Waals surface area contributed by atoms with Crippen LogP contribution in [0.2, 0.25) is 0 Å². The van der Waals surface area contributed by atoms with E-state index in [2.05, 4.69) is 64.9 Å². The molecule has 0 heterocycles. The van der Waals surface area contributed by atoms with Gasteiger partial charge in [-0.25, -0.2) is 0 Å². The summed E-state index contributed by atoms with van der Waals surface area (Å²) in [7, 11) is 1.66. The van der Waals surface area contributed by atoms with Crippen LogP contribution in [0.4, 0.5) is 0 Å². The second-order valence-electron chi connectivity index (χ2n) is 6.77. The quantitative estimate of drug-likeness (QED) is 0.531. The molecule has 2 rings (SSSR count). The first-order chi connectivity index (χ1) is 9.20. The van der Waals surface area contributed by atoms with Gasteiger partial charge in [0.25, 0.3) is 0 Å². The Kier molecular flexibility index (Phi) is 4.64. The Morgan fingerprint density at radius 1 is 1.05 bits per heavy atom. The summed E-state index contributed by atoms with van der Waals surface area (Å²) in [4.78, 5) is 0. The van der Waals surface area contributed by atoms with E-state index in [1.807, 2.05) is 0 Å². The molecule has 20 heavy (non-hydrogen) atoms. The summed E-state index contributed by atoms with van der Waals surface area (Å²) >= 11 is 6.41. The van der Waals surface area contributed by atoms with Crippen LogP contribution in [0.3, 0.4) is 0 Å². The molecule has 4 heteroatoms. The fraction of sp³-hybridized carbons (Fsp3) is 0.625. The van der Waals surface area contributed by atoms with Crippen molar-refractivity contribution in [3.8, 4) is 0 Å². The molecule has 0 atom stereocenters. The van der Waals surface area contributed by atoms with Crippen molar-refractivity contribution in [1.29, 1.82) is 0 Å². The summed E-state index contributed by atoms with van der Waals surface area (Å²) in [6.07, 6.45) is 4.45. The van der Waals surface area contributed by atoms with E-state index in [0.29, 0.717) is 0 Å². The Labute approximate surface area is 137 Å². The van der Waals surface area contributed by atoms with E-state index in [1.165, 1.54) is 28.4 Å². The summed E-state index contributed by atoms with van der Waals surface area (Å²) in [6.45, 7) is 9.54. The number of rotatable bonds is 3. The average Bonchev–Trinajstić information content (AvgIpc) is 2.35. The topological polar surface area (TPSA) is 18.5 Å². The van der Waals surface area contributed by atoms with Gasteiger partial charge in [-0.1, -0.05) is 0 Å². The number of hydrogen-bond donors (Lipinski definition) is 0. The Morgan fingerprint density at radius 2 is 1.60 bits per heavy atom. The number of hydrogen-bond acceptors (Lipinski definition) is 2. The first kappa shape index (κ1) is 16.4. The van der Waals surface area contributed by atoms with Crippen LogP contribution in [-0.2, 0) is 9.47 Å². The zero-order valence-electron chi connectivity index (χ0n) is 12.8. The van der Waals surface area contributed by atoms with E-state index < -0.39 is 0 Å². The van der Waals surface area contributed by atoms with Crippen molar-refractivity contribution in [2.75, 3.05) is 13.9 Å². The van der Waals surface area contributed by atoms with Crippen LogP contribution in [0.25, 0.3) is 0 Å². The van der Waals surface area contributed by atoms with Gasteiger partial charge in [-0.15, -0.1) is 0 Å². The van der Waals surface area contributed by atoms with Crippen LogP contribution in [0.15, 0.2) is 23.0 Å². The Bertz CT molecular complexity index is 525. The fourth-order valence-corrected chi connectivity index (χ4v) is 4.40. The first-order valence-corrected chi connectivity index (χ1v) is 8.60. The zero-order chi connectivity index (χ0) is 15.1. The minimum atomic E-state index is 0.125. The maximum absolute atomic E-state index is 5.86. The molecule has 2 aliphatic carbocycles. The molecule has 0 fully saturated rings. The SMILES string of the molecule is COCOC1=CC(=[Se])C(=[Se])C2=C1C(C)(C)CCC2(C)C. The van der Waals surface area contributed by atoms with Crippen molar-refractivity contribution < 1.29 is 9.47 Å². The molecular formula is C16H22O2Se2. The molecule has 0 aromatic rings. The van der Waals surface area contributed by atoms with E-state index in [1.54, 1.807) is 7.11 Å². The predicted molar refractivity (Wildman–Crippen MR) is 86.4 cm³/mol. The van der Waals surface area contributed by atoms with Crippen LogP contribution >= 0.6 is 0 Å². The van der Waals surface area contributed by atoms with Gasteiger partial charge < -0.3 is 0 Å². The van der Waals surface area contributed by atoms with E-state index in [0.717, 1.165) is 10.2 Å². The van der Waals surface area contributed by atoms with Gasteiger partial charge in [-0.3, -0.25) is 0 Å². The van der Waals surface area contributed by atoms with Crippen LogP contribution in [0, 0.1) is 10.8 Å². The van der Waals surface area contributed by atoms with E-state index in [-0.39, 0.29) is 17.6 Å². The number of ether oxygens (including phenoxy) is 2. The van der Waals surface area contributed by atoms with Gasteiger partial charge in [0.15, 0.2) is 0 Å². The predicted octanol–water partition coefficient (Wildman–Crippen LogP) is 2.33. The summed E-state index contributed by atoms with van der Waals surface area (Å²) < 4.78 is 13.3. The molecule has 2 nitrogen and oxygen atoms in total. The number of allylic oxidation sites excluding steroid dienone is 3. The molecular weight excluding hydrogens is 382 g/mol. The molecule has 0 radical (unpaired) electrons. The zero-order valence-corrected chi connectivity index (χ0v) is 16.3. The van der Waals surface area contributed by atoms with Crippen molar-refractivity contribution in [3.63, 3.8) is 0 Å². The van der Waals surface area contributed by atoms with E-state index >= 15 is 0 Å². The van der Waals surface area contributed by atoms with Gasteiger partial charge >= 0.3 is 138 Å². The molecule has 0 unspecified atom stereocenters. The van der Waals surface area contributed by atoms with E-state index in [9.17, 15) is 0 Å². The molecule has 0 amide bonds. The summed E-state index contributed by atoms with van der Waals surface area (Å²) in [5.41, 5.74) is 3.02. The Hall–Kier alpha value is 0.0190. The standard InChI is InChI=1S/C16H22O2Se2/c1-15(2)6-7-16(3,4)13-12(15)10(18-9-17-5)8-11(19)14(13)20/h8H,6-7,9H2,1-5H3.